The van der Waals surface area contributed by atoms with E-state index in [1.165, 1.54) is 35.2 Å². The smallest absolute Gasteiger partial charge is 0.323 e. The molecule has 11 nitrogen and oxygen atoms in total. The van der Waals surface area contributed by atoms with Crippen LogP contribution < -0.4 is 20.3 Å². The minimum atomic E-state index is -3.90. The van der Waals surface area contributed by atoms with Crippen LogP contribution in [0.25, 0.3) is 0 Å². The van der Waals surface area contributed by atoms with Gasteiger partial charge >= 0.3 is 5.97 Å². The lowest BCUT2D eigenvalue weighted by atomic mass is 10.2. The topological polar surface area (TPSA) is 173 Å². The molecule has 0 saturated carbocycles. The van der Waals surface area contributed by atoms with Gasteiger partial charge in [0.05, 0.1) is 28.5 Å². The van der Waals surface area contributed by atoms with E-state index in [1.807, 2.05) is 22.6 Å². The number of carboxylic acids is 1. The molecule has 0 aliphatic rings. The van der Waals surface area contributed by atoms with Crippen LogP contribution in [0.5, 0.6) is 11.5 Å². The molecule has 0 unspecified atom stereocenters. The van der Waals surface area contributed by atoms with Crippen molar-refractivity contribution in [3.63, 3.8) is 0 Å². The summed E-state index contributed by atoms with van der Waals surface area (Å²) in [6.07, 6.45) is 0. The number of rotatable bonds is 11. The second-order valence-corrected chi connectivity index (χ2v) is 10.7. The number of carbonyl (C=O) groups excluding carboxylic acids is 1. The summed E-state index contributed by atoms with van der Waals surface area (Å²) < 4.78 is 23.6. The number of carboxylic acid groups (broad SMARTS) is 1. The van der Waals surface area contributed by atoms with Gasteiger partial charge < -0.3 is 30.4 Å². The molecule has 1 amide bonds. The van der Waals surface area contributed by atoms with Gasteiger partial charge in [-0.15, -0.1) is 0 Å². The normalized spacial score (nSPS) is 11.1. The van der Waals surface area contributed by atoms with E-state index in [-0.39, 0.29) is 36.0 Å². The third kappa shape index (κ3) is 7.71. The lowest BCUT2D eigenvalue weighted by molar-refractivity contribution is -0.135. The Morgan fingerprint density at radius 2 is 1.38 bits per heavy atom. The number of halogens is 1. The van der Waals surface area contributed by atoms with Crippen LogP contribution in [0.15, 0.2) is 71.6 Å². The number of sulfonamides is 1. The monoisotopic (exact) mass is 640 g/mol. The molecule has 0 fully saturated rings. The molecular formula is C24H25IN4O7S. The number of aliphatic carboxylic acids is 1. The summed E-state index contributed by atoms with van der Waals surface area (Å²) in [5.74, 6) is -1.73. The number of carbonyl (C=O) groups is 2. The molecule has 3 aromatic rings. The van der Waals surface area contributed by atoms with Gasteiger partial charge in [0, 0.05) is 16.7 Å². The Labute approximate surface area is 227 Å². The van der Waals surface area contributed by atoms with Crippen molar-refractivity contribution in [2.75, 3.05) is 41.3 Å². The molecular weight excluding hydrogens is 615 g/mol. The Kier molecular flexibility index (Phi) is 9.18. The van der Waals surface area contributed by atoms with Crippen molar-refractivity contribution < 1.29 is 33.3 Å². The molecule has 0 bridgehead atoms. The number of nitrogens with two attached hydrogens (primary N) is 1. The van der Waals surface area contributed by atoms with Crippen LogP contribution >= 0.6 is 22.6 Å². The number of hydrogen-bond acceptors (Lipinski definition) is 8. The highest BCUT2D eigenvalue weighted by Crippen LogP contribution is 2.29. The van der Waals surface area contributed by atoms with Crippen LogP contribution in [-0.2, 0) is 19.6 Å². The first-order valence-corrected chi connectivity index (χ1v) is 13.5. The van der Waals surface area contributed by atoms with Gasteiger partial charge in [-0.25, -0.2) is 13.6 Å². The third-order valence-electron chi connectivity index (χ3n) is 5.29. The summed E-state index contributed by atoms with van der Waals surface area (Å²) in [5, 5.41) is 37.9. The predicted molar refractivity (Wildman–Crippen MR) is 147 cm³/mol. The van der Waals surface area contributed by atoms with Crippen molar-refractivity contribution in [1.82, 2.24) is 0 Å². The fraction of sp³-hybridized carbons (Fsp3) is 0.167. The number of nitrogens with zero attached hydrogens (tertiary/aromatic N) is 2. The molecule has 0 aromatic heterocycles. The first-order valence-electron chi connectivity index (χ1n) is 10.9. The van der Waals surface area contributed by atoms with Crippen LogP contribution in [0, 0.1) is 3.57 Å². The number of primary sulfonamides is 1. The van der Waals surface area contributed by atoms with Crippen molar-refractivity contribution in [3.05, 3.63) is 70.3 Å². The Hall–Kier alpha value is -3.56. The Balaban J connectivity index is 1.82. The zero-order valence-corrected chi connectivity index (χ0v) is 22.4. The maximum atomic E-state index is 13.0. The fourth-order valence-corrected chi connectivity index (χ4v) is 4.98. The van der Waals surface area contributed by atoms with E-state index in [2.05, 4.69) is 5.32 Å². The van der Waals surface area contributed by atoms with Gasteiger partial charge in [-0.3, -0.25) is 9.59 Å². The van der Waals surface area contributed by atoms with E-state index in [0.717, 1.165) is 0 Å². The van der Waals surface area contributed by atoms with Gasteiger partial charge in [0.1, 0.15) is 18.0 Å². The molecule has 0 atom stereocenters. The number of phenolic OH excluding ortho intramolecular Hbond substituents is 2. The summed E-state index contributed by atoms with van der Waals surface area (Å²) in [7, 11) is -3.90. The van der Waals surface area contributed by atoms with Gasteiger partial charge in [0.15, 0.2) is 0 Å². The van der Waals surface area contributed by atoms with E-state index >= 15 is 0 Å². The van der Waals surface area contributed by atoms with Crippen molar-refractivity contribution in [1.29, 1.82) is 0 Å². The summed E-state index contributed by atoms with van der Waals surface area (Å²) in [4.78, 5) is 27.4. The highest BCUT2D eigenvalue weighted by molar-refractivity contribution is 14.1. The number of hydrogen-bond donors (Lipinski definition) is 5. The standard InChI is InChI=1S/C24H25IN4O7S/c25-17-13-16(37(26,35)36)9-10-18(17)27-23(32)14-28(19-5-1-3-7-21(19)30)11-12-29(15-24(33)34)20-6-2-4-8-22(20)31/h1-10,13,30-31H,11-12,14-15H2,(H,27,32)(H,33,34)(H2,26,35,36). The molecule has 0 radical (unpaired) electrons. The zero-order valence-electron chi connectivity index (χ0n) is 19.4. The van der Waals surface area contributed by atoms with Gasteiger partial charge in [-0.1, -0.05) is 24.3 Å². The third-order valence-corrected chi connectivity index (χ3v) is 7.09. The minimum absolute atomic E-state index is 0.0743. The quantitative estimate of drug-likeness (QED) is 0.197. The van der Waals surface area contributed by atoms with Crippen LogP contribution in [0.3, 0.4) is 0 Å². The molecule has 3 rings (SSSR count). The Bertz CT molecular complexity index is 1400. The molecule has 0 saturated heterocycles. The molecule has 0 spiro atoms. The summed E-state index contributed by atoms with van der Waals surface area (Å²) in [6.45, 7) is -0.389. The number of phenols is 2. The second kappa shape index (κ2) is 12.1. The van der Waals surface area contributed by atoms with E-state index in [4.69, 9.17) is 5.14 Å². The SMILES string of the molecule is NS(=O)(=O)c1ccc(NC(=O)CN(CCN(CC(=O)O)c2ccccc2O)c2ccccc2O)c(I)c1. The van der Waals surface area contributed by atoms with E-state index < -0.39 is 28.4 Å². The van der Waals surface area contributed by atoms with Gasteiger partial charge in [0.2, 0.25) is 15.9 Å². The summed E-state index contributed by atoms with van der Waals surface area (Å²) in [5.41, 5.74) is 1.04. The average molecular weight is 640 g/mol. The molecule has 0 aliphatic heterocycles. The van der Waals surface area contributed by atoms with Gasteiger partial charge in [0.25, 0.3) is 0 Å². The van der Waals surface area contributed by atoms with Crippen LogP contribution in [0.2, 0.25) is 0 Å². The van der Waals surface area contributed by atoms with Crippen molar-refractivity contribution in [2.24, 2.45) is 5.14 Å². The highest BCUT2D eigenvalue weighted by atomic mass is 127. The van der Waals surface area contributed by atoms with Crippen molar-refractivity contribution >= 4 is 61.6 Å². The predicted octanol–water partition coefficient (Wildman–Crippen LogP) is 2.39. The first-order chi connectivity index (χ1) is 17.5. The summed E-state index contributed by atoms with van der Waals surface area (Å²) >= 11 is 1.88. The number of amides is 1. The molecule has 37 heavy (non-hydrogen) atoms. The lowest BCUT2D eigenvalue weighted by Gasteiger charge is -2.30. The number of aromatic hydroxyl groups is 2. The molecule has 196 valence electrons. The maximum Gasteiger partial charge on any atom is 0.323 e. The van der Waals surface area contributed by atoms with Crippen LogP contribution in [0.4, 0.5) is 17.1 Å². The molecule has 6 N–H and O–H groups in total. The maximum absolute atomic E-state index is 13.0. The minimum Gasteiger partial charge on any atom is -0.506 e. The van der Waals surface area contributed by atoms with Crippen LogP contribution in [-0.4, -0.2) is 61.8 Å². The first kappa shape index (κ1) is 28.0. The number of nitrogens with one attached hydrogen (secondary N) is 1. The Morgan fingerprint density at radius 3 is 1.84 bits per heavy atom. The molecule has 0 heterocycles. The number of benzene rings is 3. The lowest BCUT2D eigenvalue weighted by Crippen LogP contribution is -2.41. The van der Waals surface area contributed by atoms with E-state index in [0.29, 0.717) is 20.6 Å². The van der Waals surface area contributed by atoms with E-state index in [9.17, 15) is 33.3 Å². The largest absolute Gasteiger partial charge is 0.506 e. The van der Waals surface area contributed by atoms with Gasteiger partial charge in [-0.05, 0) is 65.1 Å². The summed E-state index contributed by atoms with van der Waals surface area (Å²) in [6, 6.07) is 16.8. The second-order valence-electron chi connectivity index (χ2n) is 7.95. The highest BCUT2D eigenvalue weighted by Gasteiger charge is 2.20. The van der Waals surface area contributed by atoms with Crippen molar-refractivity contribution in [2.45, 2.75) is 4.90 Å². The van der Waals surface area contributed by atoms with Crippen LogP contribution in [0.1, 0.15) is 0 Å². The molecule has 0 aliphatic carbocycles. The average Bonchev–Trinajstić information content (AvgIpc) is 2.82. The number of anilines is 3. The van der Waals surface area contributed by atoms with Gasteiger partial charge in [-0.2, -0.15) is 0 Å². The van der Waals surface area contributed by atoms with E-state index in [1.54, 1.807) is 41.3 Å². The fourth-order valence-electron chi connectivity index (χ4n) is 3.57. The molecule has 3 aromatic carbocycles. The molecule has 13 heteroatoms. The number of para-hydroxylation sites is 4. The van der Waals surface area contributed by atoms with Crippen molar-refractivity contribution in [3.8, 4) is 11.5 Å². The Morgan fingerprint density at radius 1 is 0.865 bits per heavy atom. The zero-order chi connectivity index (χ0) is 27.2.